The van der Waals surface area contributed by atoms with E-state index in [0.717, 1.165) is 0 Å². The van der Waals surface area contributed by atoms with Gasteiger partial charge in [0.2, 0.25) is 6.41 Å². The van der Waals surface area contributed by atoms with Gasteiger partial charge in [0, 0.05) is 0 Å². The number of thiol groups is 1. The molecule has 1 heterocycles. The Morgan fingerprint density at radius 1 is 2.00 bits per heavy atom. The average molecular weight is 131 g/mol. The van der Waals surface area contributed by atoms with E-state index in [9.17, 15) is 4.79 Å². The quantitative estimate of drug-likeness (QED) is 0.361. The molecule has 1 aliphatic heterocycles. The minimum Gasteiger partial charge on any atom is -0.278 e. The smallest absolute Gasteiger partial charge is 0.217 e. The van der Waals surface area contributed by atoms with Crippen molar-refractivity contribution in [2.75, 3.05) is 0 Å². The third-order valence-corrected chi connectivity index (χ3v) is 1.17. The fourth-order valence-corrected chi connectivity index (χ4v) is 0.562. The van der Waals surface area contributed by atoms with Crippen molar-refractivity contribution in [2.24, 2.45) is 5.10 Å². The number of hydrogen-bond acceptors (Lipinski definition) is 4. The zero-order valence-electron chi connectivity index (χ0n) is 3.98. The summed E-state index contributed by atoms with van der Waals surface area (Å²) in [4.78, 5) is 11.3. The van der Waals surface area contributed by atoms with E-state index in [0.29, 0.717) is 6.41 Å². The molecule has 1 unspecified atom stereocenters. The van der Waals surface area contributed by atoms with Gasteiger partial charge in [0.05, 0.1) is 0 Å². The number of nitrogens with one attached hydrogen (secondary N) is 1. The molecule has 0 saturated carbocycles. The maximum Gasteiger partial charge on any atom is 0.217 e. The van der Waals surface area contributed by atoms with Crippen molar-refractivity contribution in [1.82, 2.24) is 10.3 Å². The molecule has 1 rings (SSSR count). The summed E-state index contributed by atoms with van der Waals surface area (Å²) >= 11 is 3.93. The molecule has 44 valence electrons. The SMILES string of the molecule is O=CN1C=NNC1S. The van der Waals surface area contributed by atoms with Crippen LogP contribution in [0.3, 0.4) is 0 Å². The van der Waals surface area contributed by atoms with Crippen molar-refractivity contribution in [2.45, 2.75) is 5.50 Å². The minimum atomic E-state index is -0.285. The molecule has 0 saturated heterocycles. The molecule has 0 spiro atoms. The fourth-order valence-electron chi connectivity index (χ4n) is 0.381. The number of carbonyl (C=O) groups is 1. The van der Waals surface area contributed by atoms with E-state index in [1.165, 1.54) is 11.2 Å². The Morgan fingerprint density at radius 3 is 3.00 bits per heavy atom. The van der Waals surface area contributed by atoms with Crippen LogP contribution in [-0.2, 0) is 4.79 Å². The molecule has 5 heteroatoms. The summed E-state index contributed by atoms with van der Waals surface area (Å²) in [5, 5.41) is 3.56. The lowest BCUT2D eigenvalue weighted by atomic mass is 10.9. The van der Waals surface area contributed by atoms with Crippen molar-refractivity contribution in [3.05, 3.63) is 0 Å². The third-order valence-electron chi connectivity index (χ3n) is 0.785. The van der Waals surface area contributed by atoms with Crippen LogP contribution < -0.4 is 5.43 Å². The van der Waals surface area contributed by atoms with E-state index in [-0.39, 0.29) is 5.50 Å². The predicted molar refractivity (Wildman–Crippen MR) is 32.3 cm³/mol. The molecule has 0 aromatic heterocycles. The van der Waals surface area contributed by atoms with E-state index in [4.69, 9.17) is 0 Å². The maximum atomic E-state index is 9.96. The van der Waals surface area contributed by atoms with Gasteiger partial charge in [-0.05, 0) is 0 Å². The van der Waals surface area contributed by atoms with E-state index >= 15 is 0 Å². The molecule has 1 aliphatic rings. The molecule has 0 aliphatic carbocycles. The van der Waals surface area contributed by atoms with Gasteiger partial charge < -0.3 is 0 Å². The third kappa shape index (κ3) is 0.764. The first kappa shape index (κ1) is 5.43. The number of rotatable bonds is 1. The van der Waals surface area contributed by atoms with Gasteiger partial charge in [-0.15, -0.1) is 12.6 Å². The first-order chi connectivity index (χ1) is 3.84. The van der Waals surface area contributed by atoms with Gasteiger partial charge in [0.15, 0.2) is 5.50 Å². The van der Waals surface area contributed by atoms with Gasteiger partial charge in [-0.1, -0.05) is 0 Å². The molecule has 8 heavy (non-hydrogen) atoms. The summed E-state index contributed by atoms with van der Waals surface area (Å²) in [6, 6.07) is 0. The molecule has 0 aromatic carbocycles. The van der Waals surface area contributed by atoms with Gasteiger partial charge in [0.25, 0.3) is 0 Å². The highest BCUT2D eigenvalue weighted by Gasteiger charge is 2.12. The molecule has 1 atom stereocenters. The Hall–Kier alpha value is -0.710. The molecule has 0 aromatic rings. The van der Waals surface area contributed by atoms with E-state index in [1.54, 1.807) is 0 Å². The predicted octanol–water partition coefficient (Wildman–Crippen LogP) is -0.795. The van der Waals surface area contributed by atoms with Crippen LogP contribution in [-0.4, -0.2) is 23.1 Å². The Kier molecular flexibility index (Phi) is 1.38. The Bertz CT molecular complexity index is 126. The normalized spacial score (nSPS) is 25.6. The molecule has 1 N–H and O–H groups in total. The second kappa shape index (κ2) is 2.04. The number of amides is 1. The highest BCUT2D eigenvalue weighted by atomic mass is 32.1. The van der Waals surface area contributed by atoms with Gasteiger partial charge >= 0.3 is 0 Å². The summed E-state index contributed by atoms with van der Waals surface area (Å²) in [6.45, 7) is 0. The topological polar surface area (TPSA) is 44.7 Å². The molecule has 0 bridgehead atoms. The van der Waals surface area contributed by atoms with Crippen molar-refractivity contribution in [1.29, 1.82) is 0 Å². The number of carbonyl (C=O) groups excluding carboxylic acids is 1. The van der Waals surface area contributed by atoms with Gasteiger partial charge in [-0.25, -0.2) is 0 Å². The Labute approximate surface area is 52.0 Å². The second-order valence-corrected chi connectivity index (χ2v) is 1.79. The van der Waals surface area contributed by atoms with Crippen LogP contribution in [0.25, 0.3) is 0 Å². The van der Waals surface area contributed by atoms with Crippen molar-refractivity contribution >= 4 is 25.4 Å². The molecule has 0 fully saturated rings. The Balaban J connectivity index is 2.52. The first-order valence-electron chi connectivity index (χ1n) is 2.04. The average Bonchev–Trinajstić information content (AvgIpc) is 2.14. The second-order valence-electron chi connectivity index (χ2n) is 1.30. The van der Waals surface area contributed by atoms with Gasteiger partial charge in [-0.3, -0.25) is 15.1 Å². The van der Waals surface area contributed by atoms with Crippen LogP contribution in [0.5, 0.6) is 0 Å². The summed E-state index contributed by atoms with van der Waals surface area (Å²) < 4.78 is 0. The zero-order valence-corrected chi connectivity index (χ0v) is 4.88. The minimum absolute atomic E-state index is 0.285. The molecular formula is C3H5N3OS. The lowest BCUT2D eigenvalue weighted by molar-refractivity contribution is -0.114. The van der Waals surface area contributed by atoms with E-state index in [1.807, 2.05) is 0 Å². The largest absolute Gasteiger partial charge is 0.278 e. The van der Waals surface area contributed by atoms with Gasteiger partial charge in [-0.2, -0.15) is 5.10 Å². The van der Waals surface area contributed by atoms with Crippen LogP contribution >= 0.6 is 12.6 Å². The van der Waals surface area contributed by atoms with Crippen LogP contribution in [0.15, 0.2) is 5.10 Å². The van der Waals surface area contributed by atoms with E-state index in [2.05, 4.69) is 23.2 Å². The van der Waals surface area contributed by atoms with Crippen molar-refractivity contribution < 1.29 is 4.79 Å². The number of hydrogen-bond donors (Lipinski definition) is 2. The first-order valence-corrected chi connectivity index (χ1v) is 2.56. The van der Waals surface area contributed by atoms with Gasteiger partial charge in [0.1, 0.15) is 6.34 Å². The Morgan fingerprint density at radius 2 is 2.75 bits per heavy atom. The number of hydrazone groups is 1. The molecule has 0 radical (unpaired) electrons. The molecule has 4 nitrogen and oxygen atoms in total. The summed E-state index contributed by atoms with van der Waals surface area (Å²) in [7, 11) is 0. The standard InChI is InChI=1S/C3H5N3OS/c7-2-6-1-4-5-3(6)8/h1-3,5,8H. The van der Waals surface area contributed by atoms with Crippen LogP contribution in [0.2, 0.25) is 0 Å². The summed E-state index contributed by atoms with van der Waals surface area (Å²) in [5.41, 5.74) is 2.26. The van der Waals surface area contributed by atoms with Crippen LogP contribution in [0, 0.1) is 0 Å². The highest BCUT2D eigenvalue weighted by molar-refractivity contribution is 7.80. The maximum absolute atomic E-state index is 9.96. The monoisotopic (exact) mass is 131 g/mol. The van der Waals surface area contributed by atoms with Crippen LogP contribution in [0.4, 0.5) is 0 Å². The van der Waals surface area contributed by atoms with Crippen LogP contribution in [0.1, 0.15) is 0 Å². The fraction of sp³-hybridized carbons (Fsp3) is 0.333. The van der Waals surface area contributed by atoms with Crippen molar-refractivity contribution in [3.63, 3.8) is 0 Å². The zero-order chi connectivity index (χ0) is 5.98. The number of nitrogens with zero attached hydrogens (tertiary/aromatic N) is 2. The highest BCUT2D eigenvalue weighted by Crippen LogP contribution is 1.98. The summed E-state index contributed by atoms with van der Waals surface area (Å²) in [5.74, 6) is 0. The van der Waals surface area contributed by atoms with Crippen molar-refractivity contribution in [3.8, 4) is 0 Å². The lowest BCUT2D eigenvalue weighted by Gasteiger charge is -2.08. The summed E-state index contributed by atoms with van der Waals surface area (Å²) in [6.07, 6.45) is 2.03. The molecule has 1 amide bonds. The van der Waals surface area contributed by atoms with E-state index < -0.39 is 0 Å². The molecular weight excluding hydrogens is 126 g/mol. The lowest BCUT2D eigenvalue weighted by Crippen LogP contribution is -2.30.